The number of carboxylic acid groups (broad SMARTS) is 1. The SMILES string of the molecule is CC(C)CC(NC(=O)C(C)N)C(=O)NC(CCC(N)=O)C(=O)N1CCCC1C(=O)O. The Kier molecular flexibility index (Phi) is 9.70. The summed E-state index contributed by atoms with van der Waals surface area (Å²) in [6, 6.07) is -3.86. The second-order valence-electron chi connectivity index (χ2n) is 8.07. The van der Waals surface area contributed by atoms with Crippen LogP contribution in [0.1, 0.15) is 52.9 Å². The van der Waals surface area contributed by atoms with Crippen LogP contribution in [0.5, 0.6) is 0 Å². The first-order valence-electron chi connectivity index (χ1n) is 10.1. The number of nitrogens with one attached hydrogen (secondary N) is 2. The van der Waals surface area contributed by atoms with E-state index in [1.807, 2.05) is 13.8 Å². The van der Waals surface area contributed by atoms with Crippen molar-refractivity contribution in [2.45, 2.75) is 77.0 Å². The number of aliphatic carboxylic acids is 1. The van der Waals surface area contributed by atoms with E-state index < -0.39 is 53.8 Å². The van der Waals surface area contributed by atoms with Crippen LogP contribution in [0.15, 0.2) is 0 Å². The summed E-state index contributed by atoms with van der Waals surface area (Å²) >= 11 is 0. The van der Waals surface area contributed by atoms with Gasteiger partial charge in [0.25, 0.3) is 0 Å². The van der Waals surface area contributed by atoms with Gasteiger partial charge >= 0.3 is 5.97 Å². The Balaban J connectivity index is 3.01. The minimum absolute atomic E-state index is 0.0591. The van der Waals surface area contributed by atoms with Gasteiger partial charge in [-0.25, -0.2) is 4.79 Å². The summed E-state index contributed by atoms with van der Waals surface area (Å²) in [6.45, 7) is 5.47. The second-order valence-corrected chi connectivity index (χ2v) is 8.07. The molecule has 1 aliphatic rings. The van der Waals surface area contributed by atoms with E-state index in [9.17, 15) is 29.1 Å². The van der Waals surface area contributed by atoms with Crippen LogP contribution in [0, 0.1) is 5.92 Å². The Morgan fingerprint density at radius 3 is 2.17 bits per heavy atom. The molecular formula is C19H33N5O6. The van der Waals surface area contributed by atoms with Crippen LogP contribution >= 0.6 is 0 Å². The molecule has 4 unspecified atom stereocenters. The first-order valence-corrected chi connectivity index (χ1v) is 10.1. The summed E-state index contributed by atoms with van der Waals surface area (Å²) < 4.78 is 0. The summed E-state index contributed by atoms with van der Waals surface area (Å²) in [5, 5.41) is 14.5. The van der Waals surface area contributed by atoms with Crippen LogP contribution < -0.4 is 22.1 Å². The molecule has 0 saturated carbocycles. The number of likely N-dealkylation sites (tertiary alicyclic amines) is 1. The Morgan fingerprint density at radius 2 is 1.67 bits per heavy atom. The minimum atomic E-state index is -1.13. The van der Waals surface area contributed by atoms with Crippen molar-refractivity contribution in [1.29, 1.82) is 0 Å². The van der Waals surface area contributed by atoms with Gasteiger partial charge in [-0.2, -0.15) is 0 Å². The molecule has 11 heteroatoms. The fraction of sp³-hybridized carbons (Fsp3) is 0.737. The zero-order chi connectivity index (χ0) is 23.0. The number of primary amides is 1. The number of nitrogens with two attached hydrogens (primary N) is 2. The first kappa shape index (κ1) is 25.3. The lowest BCUT2D eigenvalue weighted by Crippen LogP contribution is -2.57. The molecule has 0 aromatic heterocycles. The average molecular weight is 428 g/mol. The summed E-state index contributed by atoms with van der Waals surface area (Å²) in [7, 11) is 0. The van der Waals surface area contributed by atoms with Gasteiger partial charge in [-0.1, -0.05) is 13.8 Å². The van der Waals surface area contributed by atoms with Gasteiger partial charge in [0.15, 0.2) is 0 Å². The van der Waals surface area contributed by atoms with Gasteiger partial charge in [0, 0.05) is 13.0 Å². The molecule has 0 bridgehead atoms. The molecule has 0 spiro atoms. The standard InChI is InChI=1S/C19H33N5O6/c1-10(2)9-13(23-16(26)11(3)20)17(27)22-12(6-7-15(21)25)18(28)24-8-4-5-14(24)19(29)30/h10-14H,4-9,20H2,1-3H3,(H2,21,25)(H,22,27)(H,23,26)(H,29,30). The number of nitrogens with zero attached hydrogens (tertiary/aromatic N) is 1. The Morgan fingerprint density at radius 1 is 1.07 bits per heavy atom. The molecule has 4 atom stereocenters. The molecule has 0 aromatic carbocycles. The Hall–Kier alpha value is -2.69. The monoisotopic (exact) mass is 427 g/mol. The quantitative estimate of drug-likeness (QED) is 0.271. The third-order valence-electron chi connectivity index (χ3n) is 4.87. The molecule has 11 nitrogen and oxygen atoms in total. The molecule has 1 rings (SSSR count). The number of carbonyl (C=O) groups is 5. The van der Waals surface area contributed by atoms with Crippen molar-refractivity contribution in [2.75, 3.05) is 6.54 Å². The summed E-state index contributed by atoms with van der Waals surface area (Å²) in [5.41, 5.74) is 10.7. The van der Waals surface area contributed by atoms with Crippen LogP contribution in [-0.4, -0.2) is 70.3 Å². The second kappa shape index (κ2) is 11.5. The lowest BCUT2D eigenvalue weighted by atomic mass is 10.0. The molecule has 0 aromatic rings. The molecule has 7 N–H and O–H groups in total. The zero-order valence-corrected chi connectivity index (χ0v) is 17.7. The molecule has 1 heterocycles. The predicted octanol–water partition coefficient (Wildman–Crippen LogP) is -1.31. The lowest BCUT2D eigenvalue weighted by molar-refractivity contribution is -0.149. The van der Waals surface area contributed by atoms with Gasteiger partial charge in [0.2, 0.25) is 23.6 Å². The van der Waals surface area contributed by atoms with Gasteiger partial charge in [-0.15, -0.1) is 0 Å². The first-order chi connectivity index (χ1) is 13.9. The van der Waals surface area contributed by atoms with Gasteiger partial charge in [0.1, 0.15) is 18.1 Å². The highest BCUT2D eigenvalue weighted by molar-refractivity contribution is 5.94. The maximum atomic E-state index is 13.0. The van der Waals surface area contributed by atoms with Crippen molar-refractivity contribution in [3.63, 3.8) is 0 Å². The molecule has 0 radical (unpaired) electrons. The number of amides is 4. The maximum absolute atomic E-state index is 13.0. The van der Waals surface area contributed by atoms with Crippen molar-refractivity contribution in [2.24, 2.45) is 17.4 Å². The largest absolute Gasteiger partial charge is 0.480 e. The number of carboxylic acids is 1. The fourth-order valence-electron chi connectivity index (χ4n) is 3.31. The van der Waals surface area contributed by atoms with Gasteiger partial charge in [-0.3, -0.25) is 19.2 Å². The van der Waals surface area contributed by atoms with Crippen LogP contribution in [0.4, 0.5) is 0 Å². The Labute approximate surface area is 175 Å². The minimum Gasteiger partial charge on any atom is -0.480 e. The normalized spacial score (nSPS) is 19.1. The molecule has 1 aliphatic heterocycles. The third kappa shape index (κ3) is 7.62. The number of hydrogen-bond donors (Lipinski definition) is 5. The smallest absolute Gasteiger partial charge is 0.326 e. The molecule has 1 saturated heterocycles. The summed E-state index contributed by atoms with van der Waals surface area (Å²) in [4.78, 5) is 61.7. The van der Waals surface area contributed by atoms with Crippen molar-refractivity contribution in [3.8, 4) is 0 Å². The number of hydrogen-bond acceptors (Lipinski definition) is 6. The predicted molar refractivity (Wildman–Crippen MR) is 108 cm³/mol. The highest BCUT2D eigenvalue weighted by atomic mass is 16.4. The van der Waals surface area contributed by atoms with Crippen LogP contribution in [0.2, 0.25) is 0 Å². The van der Waals surface area contributed by atoms with Crippen LogP contribution in [-0.2, 0) is 24.0 Å². The van der Waals surface area contributed by atoms with E-state index in [2.05, 4.69) is 10.6 Å². The topological polar surface area (TPSA) is 185 Å². The number of rotatable bonds is 11. The molecular weight excluding hydrogens is 394 g/mol. The molecule has 170 valence electrons. The summed E-state index contributed by atoms with van der Waals surface area (Å²) in [6.07, 6.45) is 0.918. The number of carbonyl (C=O) groups excluding carboxylic acids is 4. The lowest BCUT2D eigenvalue weighted by Gasteiger charge is -2.29. The highest BCUT2D eigenvalue weighted by Crippen LogP contribution is 2.20. The van der Waals surface area contributed by atoms with E-state index in [1.165, 1.54) is 11.8 Å². The average Bonchev–Trinajstić information content (AvgIpc) is 3.13. The van der Waals surface area contributed by atoms with Crippen molar-refractivity contribution in [3.05, 3.63) is 0 Å². The van der Waals surface area contributed by atoms with E-state index in [0.29, 0.717) is 19.3 Å². The van der Waals surface area contributed by atoms with E-state index in [4.69, 9.17) is 11.5 Å². The Bertz CT molecular complexity index is 666. The van der Waals surface area contributed by atoms with E-state index in [-0.39, 0.29) is 25.3 Å². The third-order valence-corrected chi connectivity index (χ3v) is 4.87. The van der Waals surface area contributed by atoms with Crippen molar-refractivity contribution >= 4 is 29.6 Å². The van der Waals surface area contributed by atoms with Crippen LogP contribution in [0.3, 0.4) is 0 Å². The molecule has 0 aliphatic carbocycles. The fourth-order valence-corrected chi connectivity index (χ4v) is 3.31. The van der Waals surface area contributed by atoms with Gasteiger partial charge < -0.3 is 32.1 Å². The van der Waals surface area contributed by atoms with Gasteiger partial charge in [-0.05, 0) is 38.5 Å². The van der Waals surface area contributed by atoms with Crippen molar-refractivity contribution in [1.82, 2.24) is 15.5 Å². The van der Waals surface area contributed by atoms with Crippen molar-refractivity contribution < 1.29 is 29.1 Å². The van der Waals surface area contributed by atoms with Crippen LogP contribution in [0.25, 0.3) is 0 Å². The molecule has 1 fully saturated rings. The van der Waals surface area contributed by atoms with Gasteiger partial charge in [0.05, 0.1) is 6.04 Å². The van der Waals surface area contributed by atoms with E-state index >= 15 is 0 Å². The maximum Gasteiger partial charge on any atom is 0.326 e. The molecule has 30 heavy (non-hydrogen) atoms. The highest BCUT2D eigenvalue weighted by Gasteiger charge is 2.38. The van der Waals surface area contributed by atoms with E-state index in [0.717, 1.165) is 0 Å². The zero-order valence-electron chi connectivity index (χ0n) is 17.7. The van der Waals surface area contributed by atoms with E-state index in [1.54, 1.807) is 0 Å². The summed E-state index contributed by atoms with van der Waals surface area (Å²) in [5.74, 6) is -3.42. The molecule has 4 amide bonds.